The van der Waals surface area contributed by atoms with Crippen molar-refractivity contribution in [2.24, 2.45) is 0 Å². The molecule has 2 rings (SSSR count). The first-order valence-electron chi connectivity index (χ1n) is 7.29. The fraction of sp³-hybridized carbons (Fsp3) is 0.625. The Morgan fingerprint density at radius 2 is 2.26 bits per heavy atom. The van der Waals surface area contributed by atoms with Crippen LogP contribution in [0.1, 0.15) is 43.4 Å². The zero-order valence-electron chi connectivity index (χ0n) is 12.2. The van der Waals surface area contributed by atoms with E-state index in [1.165, 1.54) is 19.4 Å². The van der Waals surface area contributed by atoms with Crippen LogP contribution in [0.2, 0.25) is 0 Å². The fourth-order valence-corrected chi connectivity index (χ4v) is 2.92. The average Bonchev–Trinajstić information content (AvgIpc) is 2.80. The molecule has 106 valence electrons. The van der Waals surface area contributed by atoms with E-state index >= 15 is 0 Å². The predicted molar refractivity (Wildman–Crippen MR) is 77.8 cm³/mol. The summed E-state index contributed by atoms with van der Waals surface area (Å²) in [7, 11) is 1.95. The smallest absolute Gasteiger partial charge is 0.126 e. The summed E-state index contributed by atoms with van der Waals surface area (Å²) in [5.74, 6) is -0.104. The number of nitrogens with zero attached hydrogens (tertiary/aromatic N) is 1. The molecule has 19 heavy (non-hydrogen) atoms. The van der Waals surface area contributed by atoms with E-state index in [4.69, 9.17) is 0 Å². The molecule has 1 fully saturated rings. The van der Waals surface area contributed by atoms with Gasteiger partial charge in [0.2, 0.25) is 0 Å². The summed E-state index contributed by atoms with van der Waals surface area (Å²) in [6.07, 6.45) is 3.65. The van der Waals surface area contributed by atoms with Crippen molar-refractivity contribution >= 4 is 0 Å². The van der Waals surface area contributed by atoms with Crippen molar-refractivity contribution in [3.05, 3.63) is 35.1 Å². The van der Waals surface area contributed by atoms with E-state index in [9.17, 15) is 4.39 Å². The molecule has 0 radical (unpaired) electrons. The maximum Gasteiger partial charge on any atom is 0.126 e. The van der Waals surface area contributed by atoms with Gasteiger partial charge in [-0.3, -0.25) is 0 Å². The lowest BCUT2D eigenvalue weighted by atomic mass is 10.0. The van der Waals surface area contributed by atoms with Gasteiger partial charge in [0.25, 0.3) is 0 Å². The van der Waals surface area contributed by atoms with E-state index in [-0.39, 0.29) is 11.9 Å². The van der Waals surface area contributed by atoms with Gasteiger partial charge in [-0.1, -0.05) is 12.1 Å². The second-order valence-corrected chi connectivity index (χ2v) is 5.67. The van der Waals surface area contributed by atoms with Crippen LogP contribution in [0.5, 0.6) is 0 Å². The standard InChI is InChI=1S/C16H25FN2/c1-12-6-7-14(11-15(12)17)16(18-3)8-10-19-9-4-5-13(19)2/h6-7,11,13,16,18H,4-5,8-10H2,1-3H3. The zero-order valence-corrected chi connectivity index (χ0v) is 12.2. The first kappa shape index (κ1) is 14.5. The van der Waals surface area contributed by atoms with Crippen LogP contribution in [0, 0.1) is 12.7 Å². The number of hydrogen-bond donors (Lipinski definition) is 1. The van der Waals surface area contributed by atoms with Crippen molar-refractivity contribution in [2.45, 2.75) is 45.2 Å². The molecule has 1 aromatic rings. The van der Waals surface area contributed by atoms with E-state index in [0.717, 1.165) is 18.5 Å². The van der Waals surface area contributed by atoms with Gasteiger partial charge in [0.15, 0.2) is 0 Å². The largest absolute Gasteiger partial charge is 0.313 e. The molecule has 0 saturated carbocycles. The summed E-state index contributed by atoms with van der Waals surface area (Å²) >= 11 is 0. The third-order valence-electron chi connectivity index (χ3n) is 4.34. The highest BCUT2D eigenvalue weighted by Gasteiger charge is 2.21. The molecular formula is C16H25FN2. The van der Waals surface area contributed by atoms with Gasteiger partial charge >= 0.3 is 0 Å². The molecular weight excluding hydrogens is 239 g/mol. The molecule has 2 unspecified atom stereocenters. The van der Waals surface area contributed by atoms with Gasteiger partial charge in [-0.05, 0) is 63.9 Å². The molecule has 2 nitrogen and oxygen atoms in total. The minimum absolute atomic E-state index is 0.104. The third kappa shape index (κ3) is 3.54. The molecule has 1 aliphatic heterocycles. The number of rotatable bonds is 5. The molecule has 3 heteroatoms. The quantitative estimate of drug-likeness (QED) is 0.878. The van der Waals surface area contributed by atoms with Crippen LogP contribution in [-0.2, 0) is 0 Å². The Hall–Kier alpha value is -0.930. The van der Waals surface area contributed by atoms with Gasteiger partial charge in [0, 0.05) is 18.6 Å². The van der Waals surface area contributed by atoms with Gasteiger partial charge in [-0.15, -0.1) is 0 Å². The van der Waals surface area contributed by atoms with Crippen molar-refractivity contribution in [1.29, 1.82) is 0 Å². The van der Waals surface area contributed by atoms with E-state index < -0.39 is 0 Å². The van der Waals surface area contributed by atoms with Crippen LogP contribution in [0.15, 0.2) is 18.2 Å². The van der Waals surface area contributed by atoms with Gasteiger partial charge in [-0.2, -0.15) is 0 Å². The molecule has 1 N–H and O–H groups in total. The van der Waals surface area contributed by atoms with E-state index in [0.29, 0.717) is 11.6 Å². The number of benzene rings is 1. The number of nitrogens with one attached hydrogen (secondary N) is 1. The molecule has 1 heterocycles. The van der Waals surface area contributed by atoms with Crippen LogP contribution >= 0.6 is 0 Å². The highest BCUT2D eigenvalue weighted by atomic mass is 19.1. The van der Waals surface area contributed by atoms with Crippen LogP contribution in [0.4, 0.5) is 4.39 Å². The number of hydrogen-bond acceptors (Lipinski definition) is 2. The fourth-order valence-electron chi connectivity index (χ4n) is 2.92. The van der Waals surface area contributed by atoms with E-state index in [1.54, 1.807) is 13.0 Å². The number of likely N-dealkylation sites (tertiary alicyclic amines) is 1. The molecule has 1 aliphatic rings. The Balaban J connectivity index is 1.97. The molecule has 0 amide bonds. The van der Waals surface area contributed by atoms with Gasteiger partial charge < -0.3 is 10.2 Å². The lowest BCUT2D eigenvalue weighted by molar-refractivity contribution is 0.253. The number of aryl methyl sites for hydroxylation is 1. The second kappa shape index (κ2) is 6.49. The molecule has 1 aromatic carbocycles. The molecule has 0 bridgehead atoms. The maximum atomic E-state index is 13.6. The predicted octanol–water partition coefficient (Wildman–Crippen LogP) is 3.27. The molecule has 0 aliphatic carbocycles. The monoisotopic (exact) mass is 264 g/mol. The van der Waals surface area contributed by atoms with Crippen molar-refractivity contribution in [1.82, 2.24) is 10.2 Å². The Kier molecular flexibility index (Phi) is 4.94. The van der Waals surface area contributed by atoms with Crippen LogP contribution in [0.3, 0.4) is 0 Å². The molecule has 0 spiro atoms. The Morgan fingerprint density at radius 1 is 1.47 bits per heavy atom. The van der Waals surface area contributed by atoms with Gasteiger partial charge in [-0.25, -0.2) is 4.39 Å². The van der Waals surface area contributed by atoms with Crippen molar-refractivity contribution < 1.29 is 4.39 Å². The highest BCUT2D eigenvalue weighted by molar-refractivity contribution is 5.25. The average molecular weight is 264 g/mol. The van der Waals surface area contributed by atoms with Crippen molar-refractivity contribution in [3.63, 3.8) is 0 Å². The van der Waals surface area contributed by atoms with Gasteiger partial charge in [0.05, 0.1) is 0 Å². The number of halogens is 1. The van der Waals surface area contributed by atoms with Gasteiger partial charge in [0.1, 0.15) is 5.82 Å². The summed E-state index contributed by atoms with van der Waals surface area (Å²) < 4.78 is 13.6. The molecule has 2 atom stereocenters. The lowest BCUT2D eigenvalue weighted by Gasteiger charge is -2.24. The SMILES string of the molecule is CNC(CCN1CCCC1C)c1ccc(C)c(F)c1. The Labute approximate surface area is 116 Å². The van der Waals surface area contributed by atoms with E-state index in [1.807, 2.05) is 19.2 Å². The van der Waals surface area contributed by atoms with E-state index in [2.05, 4.69) is 17.1 Å². The summed E-state index contributed by atoms with van der Waals surface area (Å²) in [4.78, 5) is 2.54. The van der Waals surface area contributed by atoms with Crippen LogP contribution in [-0.4, -0.2) is 31.1 Å². The van der Waals surface area contributed by atoms with Crippen LogP contribution in [0.25, 0.3) is 0 Å². The Morgan fingerprint density at radius 3 is 2.84 bits per heavy atom. The summed E-state index contributed by atoms with van der Waals surface area (Å²) in [5.41, 5.74) is 1.77. The molecule has 0 aromatic heterocycles. The van der Waals surface area contributed by atoms with Crippen molar-refractivity contribution in [3.8, 4) is 0 Å². The van der Waals surface area contributed by atoms with Crippen molar-refractivity contribution in [2.75, 3.05) is 20.1 Å². The van der Waals surface area contributed by atoms with Crippen LogP contribution < -0.4 is 5.32 Å². The summed E-state index contributed by atoms with van der Waals surface area (Å²) in [6.45, 7) is 6.40. The normalized spacial score (nSPS) is 21.8. The highest BCUT2D eigenvalue weighted by Crippen LogP contribution is 2.22. The zero-order chi connectivity index (χ0) is 13.8. The third-order valence-corrected chi connectivity index (χ3v) is 4.34. The minimum Gasteiger partial charge on any atom is -0.313 e. The first-order valence-corrected chi connectivity index (χ1v) is 7.29. The second-order valence-electron chi connectivity index (χ2n) is 5.67. The minimum atomic E-state index is -0.104. The first-order chi connectivity index (χ1) is 9.11. The topological polar surface area (TPSA) is 15.3 Å². The summed E-state index contributed by atoms with van der Waals surface area (Å²) in [6, 6.07) is 6.51. The Bertz CT molecular complexity index is 419. The summed E-state index contributed by atoms with van der Waals surface area (Å²) in [5, 5.41) is 3.31. The maximum absolute atomic E-state index is 13.6. The molecule has 1 saturated heterocycles. The lowest BCUT2D eigenvalue weighted by Crippen LogP contribution is -2.30.